The van der Waals surface area contributed by atoms with E-state index < -0.39 is 0 Å². The normalized spacial score (nSPS) is 10.9. The highest BCUT2D eigenvalue weighted by molar-refractivity contribution is 7.14. The van der Waals surface area contributed by atoms with Crippen molar-refractivity contribution in [1.29, 1.82) is 0 Å². The molecule has 31 heavy (non-hydrogen) atoms. The minimum absolute atomic E-state index is 0.105. The Morgan fingerprint density at radius 2 is 1.94 bits per heavy atom. The van der Waals surface area contributed by atoms with E-state index in [2.05, 4.69) is 25.7 Å². The molecule has 11 heteroatoms. The molecule has 4 aromatic rings. The Hall–Kier alpha value is -3.86. The molecule has 4 rings (SSSR count). The molecule has 0 atom stereocenters. The van der Waals surface area contributed by atoms with Crippen LogP contribution in [0.2, 0.25) is 0 Å². The van der Waals surface area contributed by atoms with Gasteiger partial charge in [-0.3, -0.25) is 23.6 Å². The van der Waals surface area contributed by atoms with Crippen LogP contribution in [0.4, 0.5) is 10.8 Å². The van der Waals surface area contributed by atoms with E-state index in [0.29, 0.717) is 21.9 Å². The molecule has 0 saturated heterocycles. The van der Waals surface area contributed by atoms with E-state index in [9.17, 15) is 14.4 Å². The second kappa shape index (κ2) is 8.48. The van der Waals surface area contributed by atoms with Crippen LogP contribution in [0.25, 0.3) is 22.3 Å². The van der Waals surface area contributed by atoms with Crippen LogP contribution in [-0.4, -0.2) is 36.1 Å². The van der Waals surface area contributed by atoms with Gasteiger partial charge in [0.15, 0.2) is 10.8 Å². The van der Waals surface area contributed by atoms with E-state index in [1.54, 1.807) is 19.2 Å². The van der Waals surface area contributed by atoms with Crippen molar-refractivity contribution in [2.45, 2.75) is 19.9 Å². The summed E-state index contributed by atoms with van der Waals surface area (Å²) in [4.78, 5) is 44.5. The lowest BCUT2D eigenvalue weighted by Crippen LogP contribution is -2.23. The van der Waals surface area contributed by atoms with E-state index in [-0.39, 0.29) is 30.3 Å². The largest absolute Gasteiger partial charge is 0.326 e. The van der Waals surface area contributed by atoms with Gasteiger partial charge in [-0.2, -0.15) is 5.10 Å². The number of carbonyl (C=O) groups excluding carboxylic acids is 2. The fourth-order valence-electron chi connectivity index (χ4n) is 3.02. The second-order valence-corrected chi connectivity index (χ2v) is 7.70. The molecular weight excluding hydrogens is 418 g/mol. The number of hydrogen-bond acceptors (Lipinski definition) is 7. The van der Waals surface area contributed by atoms with E-state index in [1.165, 1.54) is 40.0 Å². The average molecular weight is 437 g/mol. The highest BCUT2D eigenvalue weighted by Gasteiger charge is 2.11. The van der Waals surface area contributed by atoms with Gasteiger partial charge < -0.3 is 10.6 Å². The lowest BCUT2D eigenvalue weighted by atomic mass is 10.1. The van der Waals surface area contributed by atoms with Crippen LogP contribution < -0.4 is 16.2 Å². The molecule has 3 heterocycles. The number of amides is 2. The highest BCUT2D eigenvalue weighted by Crippen LogP contribution is 2.26. The topological polar surface area (TPSA) is 124 Å². The molecule has 3 aromatic heterocycles. The Kier molecular flexibility index (Phi) is 5.58. The molecule has 10 nitrogen and oxygen atoms in total. The zero-order valence-corrected chi connectivity index (χ0v) is 17.6. The number of anilines is 2. The standard InChI is InChI=1S/C20H19N7O3S/c1-12(28)23-14-5-3-13(4-6-14)16-10-31-20(24-16)25-17(29)7-8-27-11-21-18-15(19(27)30)9-22-26(18)2/h3-6,9-11H,7-8H2,1-2H3,(H,23,28)(H,24,25,29). The molecule has 158 valence electrons. The minimum atomic E-state index is -0.250. The Balaban J connectivity index is 1.37. The fourth-order valence-corrected chi connectivity index (χ4v) is 3.76. The summed E-state index contributed by atoms with van der Waals surface area (Å²) in [5, 5.41) is 12.2. The number of hydrogen-bond donors (Lipinski definition) is 2. The Bertz CT molecular complexity index is 1320. The molecule has 0 aliphatic heterocycles. The summed E-state index contributed by atoms with van der Waals surface area (Å²) in [6, 6.07) is 7.28. The summed E-state index contributed by atoms with van der Waals surface area (Å²) in [7, 11) is 1.71. The smallest absolute Gasteiger partial charge is 0.264 e. The van der Waals surface area contributed by atoms with Crippen molar-refractivity contribution in [1.82, 2.24) is 24.3 Å². The number of fused-ring (bicyclic) bond motifs is 1. The van der Waals surface area contributed by atoms with Crippen LogP contribution in [0, 0.1) is 0 Å². The van der Waals surface area contributed by atoms with Gasteiger partial charge in [0, 0.05) is 43.6 Å². The summed E-state index contributed by atoms with van der Waals surface area (Å²) >= 11 is 1.31. The van der Waals surface area contributed by atoms with Crippen molar-refractivity contribution in [2.24, 2.45) is 7.05 Å². The molecule has 0 radical (unpaired) electrons. The molecule has 0 saturated carbocycles. The summed E-state index contributed by atoms with van der Waals surface area (Å²) in [5.41, 5.74) is 2.57. The lowest BCUT2D eigenvalue weighted by Gasteiger charge is -2.05. The maximum absolute atomic E-state index is 12.5. The van der Waals surface area contributed by atoms with Gasteiger partial charge in [0.2, 0.25) is 11.8 Å². The van der Waals surface area contributed by atoms with Gasteiger partial charge in [-0.1, -0.05) is 12.1 Å². The predicted molar refractivity (Wildman–Crippen MR) is 118 cm³/mol. The van der Waals surface area contributed by atoms with Crippen LogP contribution in [0.5, 0.6) is 0 Å². The third-order valence-electron chi connectivity index (χ3n) is 4.55. The first-order chi connectivity index (χ1) is 14.9. The Labute approximate surface area is 180 Å². The van der Waals surface area contributed by atoms with Gasteiger partial charge in [-0.15, -0.1) is 11.3 Å². The summed E-state index contributed by atoms with van der Waals surface area (Å²) in [6.45, 7) is 1.65. The zero-order valence-electron chi connectivity index (χ0n) is 16.8. The molecule has 2 N–H and O–H groups in total. The summed E-state index contributed by atoms with van der Waals surface area (Å²) in [6.07, 6.45) is 3.00. The highest BCUT2D eigenvalue weighted by atomic mass is 32.1. The number of aromatic nitrogens is 5. The van der Waals surface area contributed by atoms with Gasteiger partial charge in [0.1, 0.15) is 5.39 Å². The quantitative estimate of drug-likeness (QED) is 0.477. The Morgan fingerprint density at radius 1 is 1.16 bits per heavy atom. The van der Waals surface area contributed by atoms with Crippen LogP contribution in [0.3, 0.4) is 0 Å². The fraction of sp³-hybridized carbons (Fsp3) is 0.200. The van der Waals surface area contributed by atoms with Crippen molar-refractivity contribution in [2.75, 3.05) is 10.6 Å². The zero-order chi connectivity index (χ0) is 22.0. The van der Waals surface area contributed by atoms with Crippen LogP contribution in [-0.2, 0) is 23.2 Å². The number of nitrogens with zero attached hydrogens (tertiary/aromatic N) is 5. The van der Waals surface area contributed by atoms with Crippen molar-refractivity contribution in [3.8, 4) is 11.3 Å². The van der Waals surface area contributed by atoms with Gasteiger partial charge >= 0.3 is 0 Å². The number of nitrogens with one attached hydrogen (secondary N) is 2. The first kappa shape index (κ1) is 20.4. The molecule has 1 aromatic carbocycles. The molecule has 0 bridgehead atoms. The summed E-state index contributed by atoms with van der Waals surface area (Å²) in [5.74, 6) is -0.384. The third-order valence-corrected chi connectivity index (χ3v) is 5.31. The van der Waals surface area contributed by atoms with Gasteiger partial charge in [0.25, 0.3) is 5.56 Å². The number of benzene rings is 1. The molecule has 0 aliphatic rings. The number of thiazole rings is 1. The van der Waals surface area contributed by atoms with Crippen molar-refractivity contribution >= 4 is 45.0 Å². The molecule has 0 aliphatic carbocycles. The molecule has 2 amide bonds. The van der Waals surface area contributed by atoms with Gasteiger partial charge in [0.05, 0.1) is 18.2 Å². The van der Waals surface area contributed by atoms with Crippen molar-refractivity contribution < 1.29 is 9.59 Å². The monoisotopic (exact) mass is 437 g/mol. The predicted octanol–water partition coefficient (Wildman–Crippen LogP) is 2.24. The van der Waals surface area contributed by atoms with E-state index in [0.717, 1.165) is 11.3 Å². The van der Waals surface area contributed by atoms with Crippen molar-refractivity contribution in [3.63, 3.8) is 0 Å². The maximum Gasteiger partial charge on any atom is 0.264 e. The van der Waals surface area contributed by atoms with Gasteiger partial charge in [-0.05, 0) is 12.1 Å². The van der Waals surface area contributed by atoms with Crippen LogP contribution in [0.15, 0.2) is 47.0 Å². The van der Waals surface area contributed by atoms with Crippen molar-refractivity contribution in [3.05, 3.63) is 52.5 Å². The molecule has 0 unspecified atom stereocenters. The summed E-state index contributed by atoms with van der Waals surface area (Å²) < 4.78 is 2.93. The first-order valence-electron chi connectivity index (χ1n) is 9.41. The van der Waals surface area contributed by atoms with E-state index in [4.69, 9.17) is 0 Å². The minimum Gasteiger partial charge on any atom is -0.326 e. The first-order valence-corrected chi connectivity index (χ1v) is 10.3. The van der Waals surface area contributed by atoms with E-state index in [1.807, 2.05) is 17.5 Å². The van der Waals surface area contributed by atoms with E-state index >= 15 is 0 Å². The molecular formula is C20H19N7O3S. The number of carbonyl (C=O) groups is 2. The Morgan fingerprint density at radius 3 is 2.68 bits per heavy atom. The van der Waals surface area contributed by atoms with Crippen LogP contribution in [0.1, 0.15) is 13.3 Å². The lowest BCUT2D eigenvalue weighted by molar-refractivity contribution is -0.116. The number of aryl methyl sites for hydroxylation is 2. The number of rotatable bonds is 6. The SMILES string of the molecule is CC(=O)Nc1ccc(-c2csc(NC(=O)CCn3cnc4c(cnn4C)c3=O)n2)cc1. The van der Waals surface area contributed by atoms with Gasteiger partial charge in [-0.25, -0.2) is 9.97 Å². The second-order valence-electron chi connectivity index (χ2n) is 6.84. The van der Waals surface area contributed by atoms with Crippen LogP contribution >= 0.6 is 11.3 Å². The molecule has 0 spiro atoms. The molecule has 0 fully saturated rings. The average Bonchev–Trinajstić information content (AvgIpc) is 3.35. The third kappa shape index (κ3) is 4.51. The maximum atomic E-state index is 12.5.